The van der Waals surface area contributed by atoms with Gasteiger partial charge in [0.2, 0.25) is 5.13 Å². The Kier molecular flexibility index (Phi) is 3.78. The Balaban J connectivity index is 2.26. The van der Waals surface area contributed by atoms with Gasteiger partial charge in [-0.1, -0.05) is 35.7 Å². The van der Waals surface area contributed by atoms with Crippen LogP contribution in [0.15, 0.2) is 29.2 Å². The molecule has 0 radical (unpaired) electrons. The Morgan fingerprint density at radius 3 is 2.42 bits per heavy atom. The van der Waals surface area contributed by atoms with E-state index in [0.29, 0.717) is 10.6 Å². The lowest BCUT2D eigenvalue weighted by Gasteiger charge is -2.05. The van der Waals surface area contributed by atoms with Gasteiger partial charge in [0.15, 0.2) is 0 Å². The number of anilines is 1. The highest BCUT2D eigenvalue weighted by atomic mass is 32.2. The smallest absolute Gasteiger partial charge is 0.263 e. The number of hydrogen-bond donors (Lipinski definition) is 2. The summed E-state index contributed by atoms with van der Waals surface area (Å²) in [6.45, 7) is 1.74. The first-order chi connectivity index (χ1) is 8.88. The number of thiocarbonyl (C=S) groups is 1. The van der Waals surface area contributed by atoms with E-state index in [0.717, 1.165) is 11.3 Å². The van der Waals surface area contributed by atoms with Gasteiger partial charge in [0, 0.05) is 5.56 Å². The average molecular weight is 314 g/mol. The first kappa shape index (κ1) is 13.8. The van der Waals surface area contributed by atoms with Gasteiger partial charge >= 0.3 is 0 Å². The molecule has 0 unspecified atom stereocenters. The zero-order valence-corrected chi connectivity index (χ0v) is 12.3. The summed E-state index contributed by atoms with van der Waals surface area (Å²) in [5.41, 5.74) is 6.06. The molecule has 2 rings (SSSR count). The van der Waals surface area contributed by atoms with Crippen molar-refractivity contribution in [1.29, 1.82) is 0 Å². The number of nitrogens with zero attached hydrogens (tertiary/aromatic N) is 2. The molecule has 2 aromatic rings. The number of benzene rings is 1. The lowest BCUT2D eigenvalue weighted by atomic mass is 10.2. The maximum absolute atomic E-state index is 12.1. The Hall–Kier alpha value is -1.58. The van der Waals surface area contributed by atoms with Crippen LogP contribution in [0.5, 0.6) is 0 Å². The van der Waals surface area contributed by atoms with Crippen molar-refractivity contribution in [3.63, 3.8) is 0 Å². The van der Waals surface area contributed by atoms with Crippen LogP contribution in [0.25, 0.3) is 0 Å². The Labute approximate surface area is 119 Å². The van der Waals surface area contributed by atoms with Gasteiger partial charge in [0.25, 0.3) is 10.0 Å². The summed E-state index contributed by atoms with van der Waals surface area (Å²) in [5, 5.41) is 8.36. The van der Waals surface area contributed by atoms with E-state index in [4.69, 9.17) is 18.0 Å². The molecule has 9 heteroatoms. The molecule has 0 aliphatic rings. The number of hydrogen-bond acceptors (Lipinski definition) is 6. The van der Waals surface area contributed by atoms with Crippen LogP contribution in [0.2, 0.25) is 0 Å². The molecule has 0 atom stereocenters. The molecule has 0 amide bonds. The number of rotatable bonds is 4. The summed E-state index contributed by atoms with van der Waals surface area (Å²) in [6, 6.07) is 5.99. The van der Waals surface area contributed by atoms with Crippen LogP contribution in [0.1, 0.15) is 10.6 Å². The summed E-state index contributed by atoms with van der Waals surface area (Å²) < 4.78 is 26.5. The highest BCUT2D eigenvalue weighted by Gasteiger charge is 2.16. The van der Waals surface area contributed by atoms with Crippen LogP contribution >= 0.6 is 23.6 Å². The summed E-state index contributed by atoms with van der Waals surface area (Å²) >= 11 is 5.97. The fraction of sp³-hybridized carbons (Fsp3) is 0.100. The Morgan fingerprint density at radius 2 is 1.95 bits per heavy atom. The topological polar surface area (TPSA) is 98.0 Å². The second-order valence-electron chi connectivity index (χ2n) is 3.62. The van der Waals surface area contributed by atoms with Gasteiger partial charge < -0.3 is 5.73 Å². The number of nitrogens with one attached hydrogen (secondary N) is 1. The lowest BCUT2D eigenvalue weighted by molar-refractivity contribution is 0.601. The molecular formula is C10H10N4O2S3. The number of sulfonamides is 1. The molecular weight excluding hydrogens is 304 g/mol. The van der Waals surface area contributed by atoms with E-state index in [9.17, 15) is 8.42 Å². The highest BCUT2D eigenvalue weighted by molar-refractivity contribution is 7.93. The molecule has 1 aromatic carbocycles. The van der Waals surface area contributed by atoms with Gasteiger partial charge in [-0.05, 0) is 19.1 Å². The minimum absolute atomic E-state index is 0.111. The SMILES string of the molecule is Cc1nnc(NS(=O)(=O)c2ccc(C(N)=S)cc2)s1. The first-order valence-electron chi connectivity index (χ1n) is 5.11. The first-order valence-corrected chi connectivity index (χ1v) is 7.82. The molecule has 0 aliphatic heterocycles. The third-order valence-corrected chi connectivity index (χ3v) is 4.67. The molecule has 0 spiro atoms. The zero-order chi connectivity index (χ0) is 14.0. The van der Waals surface area contributed by atoms with Gasteiger partial charge in [0.1, 0.15) is 10.00 Å². The van der Waals surface area contributed by atoms with Crippen molar-refractivity contribution >= 4 is 43.7 Å². The van der Waals surface area contributed by atoms with E-state index in [1.54, 1.807) is 19.1 Å². The van der Waals surface area contributed by atoms with Crippen LogP contribution in [0, 0.1) is 6.92 Å². The standard InChI is InChI=1S/C10H10N4O2S3/c1-6-12-13-10(18-6)14-19(15,16)8-4-2-7(3-5-8)9(11)17/h2-5H,1H3,(H2,11,17)(H,13,14). The highest BCUT2D eigenvalue weighted by Crippen LogP contribution is 2.19. The quantitative estimate of drug-likeness (QED) is 0.825. The molecule has 0 bridgehead atoms. The molecule has 0 saturated heterocycles. The van der Waals surface area contributed by atoms with E-state index >= 15 is 0 Å². The van der Waals surface area contributed by atoms with Crippen molar-refractivity contribution in [2.45, 2.75) is 11.8 Å². The normalized spacial score (nSPS) is 11.2. The minimum Gasteiger partial charge on any atom is -0.389 e. The molecule has 100 valence electrons. The van der Waals surface area contributed by atoms with Gasteiger partial charge in [-0.3, -0.25) is 4.72 Å². The van der Waals surface area contributed by atoms with Crippen molar-refractivity contribution in [2.75, 3.05) is 4.72 Å². The van der Waals surface area contributed by atoms with Crippen LogP contribution in [-0.2, 0) is 10.0 Å². The van der Waals surface area contributed by atoms with Crippen molar-refractivity contribution in [3.05, 3.63) is 34.8 Å². The minimum atomic E-state index is -3.67. The molecule has 0 fully saturated rings. The summed E-state index contributed by atoms with van der Waals surface area (Å²) in [4.78, 5) is 0.331. The van der Waals surface area contributed by atoms with Crippen molar-refractivity contribution in [3.8, 4) is 0 Å². The Morgan fingerprint density at radius 1 is 1.32 bits per heavy atom. The third-order valence-electron chi connectivity index (χ3n) is 2.20. The third kappa shape index (κ3) is 3.25. The van der Waals surface area contributed by atoms with Gasteiger partial charge in [-0.2, -0.15) is 0 Å². The predicted molar refractivity (Wildman–Crippen MR) is 77.8 cm³/mol. The molecule has 19 heavy (non-hydrogen) atoms. The molecule has 6 nitrogen and oxygen atoms in total. The van der Waals surface area contributed by atoms with E-state index < -0.39 is 10.0 Å². The van der Waals surface area contributed by atoms with Crippen LogP contribution in [-0.4, -0.2) is 23.6 Å². The maximum Gasteiger partial charge on any atom is 0.263 e. The van der Waals surface area contributed by atoms with E-state index in [1.807, 2.05) is 0 Å². The fourth-order valence-corrected chi connectivity index (χ4v) is 3.27. The molecule has 0 aliphatic carbocycles. The second kappa shape index (κ2) is 5.19. The van der Waals surface area contributed by atoms with Crippen LogP contribution in [0.4, 0.5) is 5.13 Å². The van der Waals surface area contributed by atoms with Crippen LogP contribution < -0.4 is 10.5 Å². The number of nitrogens with two attached hydrogens (primary N) is 1. The summed E-state index contributed by atoms with van der Waals surface area (Å²) in [7, 11) is -3.67. The monoisotopic (exact) mass is 314 g/mol. The number of aryl methyl sites for hydroxylation is 1. The van der Waals surface area contributed by atoms with Crippen molar-refractivity contribution in [2.24, 2.45) is 5.73 Å². The van der Waals surface area contributed by atoms with Gasteiger partial charge in [0.05, 0.1) is 4.90 Å². The van der Waals surface area contributed by atoms with E-state index in [1.165, 1.54) is 12.1 Å². The largest absolute Gasteiger partial charge is 0.389 e. The van der Waals surface area contributed by atoms with Crippen LogP contribution in [0.3, 0.4) is 0 Å². The van der Waals surface area contributed by atoms with E-state index in [2.05, 4.69) is 14.9 Å². The fourth-order valence-electron chi connectivity index (χ4n) is 1.31. The van der Waals surface area contributed by atoms with Crippen molar-refractivity contribution < 1.29 is 8.42 Å². The lowest BCUT2D eigenvalue weighted by Crippen LogP contribution is -2.14. The maximum atomic E-state index is 12.1. The Bertz CT molecular complexity index is 707. The molecule has 0 saturated carbocycles. The average Bonchev–Trinajstić information content (AvgIpc) is 2.74. The van der Waals surface area contributed by atoms with E-state index in [-0.39, 0.29) is 15.0 Å². The summed E-state index contributed by atoms with van der Waals surface area (Å²) in [5.74, 6) is 0. The zero-order valence-electron chi connectivity index (χ0n) is 9.82. The number of aromatic nitrogens is 2. The van der Waals surface area contributed by atoms with Gasteiger partial charge in [-0.25, -0.2) is 8.42 Å². The van der Waals surface area contributed by atoms with Gasteiger partial charge in [-0.15, -0.1) is 10.2 Å². The summed E-state index contributed by atoms with van der Waals surface area (Å²) in [6.07, 6.45) is 0. The second-order valence-corrected chi connectivity index (χ2v) is 6.92. The molecule has 1 aromatic heterocycles. The van der Waals surface area contributed by atoms with Crippen molar-refractivity contribution in [1.82, 2.24) is 10.2 Å². The molecule has 1 heterocycles. The molecule has 3 N–H and O–H groups in total. The predicted octanol–water partition coefficient (Wildman–Crippen LogP) is 1.28.